The van der Waals surface area contributed by atoms with Crippen LogP contribution in [0.1, 0.15) is 22.7 Å². The van der Waals surface area contributed by atoms with Crippen molar-refractivity contribution in [2.45, 2.75) is 25.5 Å². The van der Waals surface area contributed by atoms with Crippen LogP contribution in [0.25, 0.3) is 0 Å². The topological polar surface area (TPSA) is 46.2 Å². The van der Waals surface area contributed by atoms with Gasteiger partial charge in [-0.1, -0.05) is 60.2 Å². The van der Waals surface area contributed by atoms with Crippen molar-refractivity contribution in [1.82, 2.24) is 0 Å². The third-order valence-electron chi connectivity index (χ3n) is 3.16. The summed E-state index contributed by atoms with van der Waals surface area (Å²) >= 11 is 0. The van der Waals surface area contributed by atoms with Gasteiger partial charge in [-0.3, -0.25) is 0 Å². The molecule has 0 radical (unpaired) electrons. The van der Waals surface area contributed by atoms with Crippen LogP contribution >= 0.6 is 0 Å². The van der Waals surface area contributed by atoms with Crippen molar-refractivity contribution in [2.24, 2.45) is 5.73 Å². The summed E-state index contributed by atoms with van der Waals surface area (Å²) in [5.74, 6) is 0. The van der Waals surface area contributed by atoms with Crippen LogP contribution in [0.4, 0.5) is 0 Å². The summed E-state index contributed by atoms with van der Waals surface area (Å²) in [6, 6.07) is 17.6. The summed E-state index contributed by atoms with van der Waals surface area (Å²) in [6.07, 6.45) is 0.0192. The van der Waals surface area contributed by atoms with Gasteiger partial charge in [-0.15, -0.1) is 0 Å². The second-order valence-electron chi connectivity index (χ2n) is 4.69. The van der Waals surface area contributed by atoms with E-state index in [0.29, 0.717) is 6.42 Å². The van der Waals surface area contributed by atoms with Gasteiger partial charge in [0.2, 0.25) is 0 Å². The highest BCUT2D eigenvalue weighted by molar-refractivity contribution is 5.25. The normalized spacial score (nSPS) is 14.2. The first-order chi connectivity index (χ1) is 8.66. The molecule has 0 aliphatic heterocycles. The molecular formula is C16H19NO. The number of hydrogen-bond acceptors (Lipinski definition) is 2. The Morgan fingerprint density at radius 3 is 2.22 bits per heavy atom. The number of aliphatic hydroxyl groups is 1. The molecule has 2 rings (SSSR count). The van der Waals surface area contributed by atoms with Crippen molar-refractivity contribution < 1.29 is 5.11 Å². The highest BCUT2D eigenvalue weighted by Crippen LogP contribution is 2.18. The van der Waals surface area contributed by atoms with E-state index in [1.807, 2.05) is 61.5 Å². The molecule has 2 aromatic rings. The van der Waals surface area contributed by atoms with Gasteiger partial charge in [0.05, 0.1) is 12.1 Å². The molecule has 0 amide bonds. The number of benzene rings is 2. The van der Waals surface area contributed by atoms with E-state index in [2.05, 4.69) is 0 Å². The third-order valence-corrected chi connectivity index (χ3v) is 3.16. The summed E-state index contributed by atoms with van der Waals surface area (Å²) < 4.78 is 0. The zero-order valence-electron chi connectivity index (χ0n) is 10.6. The van der Waals surface area contributed by atoms with Gasteiger partial charge in [0.15, 0.2) is 0 Å². The Balaban J connectivity index is 2.05. The lowest BCUT2D eigenvalue weighted by molar-refractivity contribution is 0.145. The monoisotopic (exact) mass is 241 g/mol. The largest absolute Gasteiger partial charge is 0.391 e. The highest BCUT2D eigenvalue weighted by Gasteiger charge is 2.16. The molecule has 0 aliphatic carbocycles. The van der Waals surface area contributed by atoms with Crippen LogP contribution in [-0.4, -0.2) is 11.2 Å². The minimum Gasteiger partial charge on any atom is -0.391 e. The minimum atomic E-state index is -0.560. The van der Waals surface area contributed by atoms with Gasteiger partial charge in [-0.2, -0.15) is 0 Å². The predicted octanol–water partition coefficient (Wildman–Crippen LogP) is 2.60. The zero-order chi connectivity index (χ0) is 13.0. The molecule has 0 unspecified atom stereocenters. The molecule has 0 saturated heterocycles. The van der Waals surface area contributed by atoms with E-state index >= 15 is 0 Å². The fourth-order valence-corrected chi connectivity index (χ4v) is 1.99. The third kappa shape index (κ3) is 3.19. The predicted molar refractivity (Wildman–Crippen MR) is 74.3 cm³/mol. The number of aliphatic hydroxyl groups excluding tert-OH is 1. The molecule has 0 spiro atoms. The molecule has 3 N–H and O–H groups in total. The van der Waals surface area contributed by atoms with Crippen molar-refractivity contribution in [1.29, 1.82) is 0 Å². The second kappa shape index (κ2) is 5.80. The average molecular weight is 241 g/mol. The number of rotatable bonds is 4. The Kier molecular flexibility index (Phi) is 4.13. The van der Waals surface area contributed by atoms with Crippen LogP contribution < -0.4 is 5.73 Å². The minimum absolute atomic E-state index is 0.342. The van der Waals surface area contributed by atoms with Crippen LogP contribution in [-0.2, 0) is 6.42 Å². The zero-order valence-corrected chi connectivity index (χ0v) is 10.6. The van der Waals surface area contributed by atoms with E-state index in [1.54, 1.807) is 0 Å². The molecule has 0 aromatic heterocycles. The average Bonchev–Trinajstić information content (AvgIpc) is 2.40. The number of nitrogens with two attached hydrogens (primary N) is 1. The van der Waals surface area contributed by atoms with Crippen molar-refractivity contribution in [3.8, 4) is 0 Å². The van der Waals surface area contributed by atoms with Crippen LogP contribution in [0, 0.1) is 6.92 Å². The molecule has 0 saturated carbocycles. The second-order valence-corrected chi connectivity index (χ2v) is 4.69. The van der Waals surface area contributed by atoms with Crippen LogP contribution in [0.5, 0.6) is 0 Å². The first-order valence-electron chi connectivity index (χ1n) is 6.21. The van der Waals surface area contributed by atoms with Gasteiger partial charge in [-0.25, -0.2) is 0 Å². The molecule has 94 valence electrons. The lowest BCUT2D eigenvalue weighted by Gasteiger charge is -2.19. The summed E-state index contributed by atoms with van der Waals surface area (Å²) in [5, 5.41) is 10.2. The SMILES string of the molecule is Cc1ccc([C@H](N)[C@H](O)Cc2ccccc2)cc1. The lowest BCUT2D eigenvalue weighted by Crippen LogP contribution is -2.28. The maximum absolute atomic E-state index is 10.2. The van der Waals surface area contributed by atoms with E-state index < -0.39 is 6.10 Å². The van der Waals surface area contributed by atoms with E-state index in [-0.39, 0.29) is 6.04 Å². The first kappa shape index (κ1) is 12.8. The van der Waals surface area contributed by atoms with Crippen molar-refractivity contribution in [3.05, 3.63) is 71.3 Å². The van der Waals surface area contributed by atoms with Gasteiger partial charge in [-0.05, 0) is 18.1 Å². The smallest absolute Gasteiger partial charge is 0.0773 e. The lowest BCUT2D eigenvalue weighted by atomic mass is 9.96. The molecule has 0 fully saturated rings. The van der Waals surface area contributed by atoms with Crippen LogP contribution in [0.15, 0.2) is 54.6 Å². The standard InChI is InChI=1S/C16H19NO/c1-12-7-9-14(10-8-12)16(17)15(18)11-13-5-3-2-4-6-13/h2-10,15-16,18H,11,17H2,1H3/t15-,16+/m1/s1. The summed E-state index contributed by atoms with van der Waals surface area (Å²) in [7, 11) is 0. The van der Waals surface area contributed by atoms with Crippen molar-refractivity contribution >= 4 is 0 Å². The Bertz CT molecular complexity index is 478. The first-order valence-corrected chi connectivity index (χ1v) is 6.21. The van der Waals surface area contributed by atoms with E-state index in [4.69, 9.17) is 5.73 Å². The highest BCUT2D eigenvalue weighted by atomic mass is 16.3. The number of aryl methyl sites for hydroxylation is 1. The van der Waals surface area contributed by atoms with E-state index in [1.165, 1.54) is 5.56 Å². The van der Waals surface area contributed by atoms with Crippen LogP contribution in [0.2, 0.25) is 0 Å². The molecule has 2 atom stereocenters. The molecule has 0 aliphatic rings. The molecular weight excluding hydrogens is 222 g/mol. The fourth-order valence-electron chi connectivity index (χ4n) is 1.99. The van der Waals surface area contributed by atoms with E-state index in [0.717, 1.165) is 11.1 Å². The maximum atomic E-state index is 10.2. The van der Waals surface area contributed by atoms with Gasteiger partial charge >= 0.3 is 0 Å². The molecule has 2 nitrogen and oxygen atoms in total. The molecule has 0 heterocycles. The Labute approximate surface area is 108 Å². The number of hydrogen-bond donors (Lipinski definition) is 2. The summed E-state index contributed by atoms with van der Waals surface area (Å²) in [6.45, 7) is 2.04. The Morgan fingerprint density at radius 2 is 1.61 bits per heavy atom. The van der Waals surface area contributed by atoms with Gasteiger partial charge < -0.3 is 10.8 Å². The Morgan fingerprint density at radius 1 is 1.00 bits per heavy atom. The quantitative estimate of drug-likeness (QED) is 0.864. The van der Waals surface area contributed by atoms with Gasteiger partial charge in [0.25, 0.3) is 0 Å². The Hall–Kier alpha value is -1.64. The fraction of sp³-hybridized carbons (Fsp3) is 0.250. The molecule has 18 heavy (non-hydrogen) atoms. The van der Waals surface area contributed by atoms with E-state index in [9.17, 15) is 5.11 Å². The molecule has 2 aromatic carbocycles. The summed E-state index contributed by atoms with van der Waals surface area (Å²) in [4.78, 5) is 0. The van der Waals surface area contributed by atoms with Crippen LogP contribution in [0.3, 0.4) is 0 Å². The van der Waals surface area contributed by atoms with Crippen molar-refractivity contribution in [2.75, 3.05) is 0 Å². The van der Waals surface area contributed by atoms with Gasteiger partial charge in [0, 0.05) is 6.42 Å². The molecule has 2 heteroatoms. The molecule has 0 bridgehead atoms. The maximum Gasteiger partial charge on any atom is 0.0773 e. The summed E-state index contributed by atoms with van der Waals surface area (Å²) in [5.41, 5.74) is 9.36. The van der Waals surface area contributed by atoms with Crippen molar-refractivity contribution in [3.63, 3.8) is 0 Å². The van der Waals surface area contributed by atoms with Gasteiger partial charge in [0.1, 0.15) is 0 Å².